The summed E-state index contributed by atoms with van der Waals surface area (Å²) in [6, 6.07) is 4.99. The molecule has 1 fully saturated rings. The maximum absolute atomic E-state index is 12.7. The average Bonchev–Trinajstić information content (AvgIpc) is 2.50. The number of likely N-dealkylation sites (tertiary alicyclic amines) is 1. The Bertz CT molecular complexity index is 588. The predicted molar refractivity (Wildman–Crippen MR) is 93.9 cm³/mol. The van der Waals surface area contributed by atoms with Crippen LogP contribution >= 0.6 is 23.2 Å². The number of benzene rings is 1. The van der Waals surface area contributed by atoms with Gasteiger partial charge in [-0.3, -0.25) is 9.59 Å². The van der Waals surface area contributed by atoms with Gasteiger partial charge in [0.25, 0.3) is 0 Å². The lowest BCUT2D eigenvalue weighted by Gasteiger charge is -2.35. The van der Waals surface area contributed by atoms with E-state index in [4.69, 9.17) is 23.2 Å². The molecule has 0 atom stereocenters. The molecular formula is C17H22Cl2N2O2. The third-order valence-electron chi connectivity index (χ3n) is 4.37. The molecule has 2 rings (SSSR count). The molecule has 1 aromatic rings. The zero-order valence-corrected chi connectivity index (χ0v) is 15.2. The molecular weight excluding hydrogens is 335 g/mol. The number of hydrogen-bond donors (Lipinski definition) is 1. The molecule has 4 nitrogen and oxygen atoms in total. The Kier molecular flexibility index (Phi) is 5.58. The molecule has 0 saturated carbocycles. The molecule has 126 valence electrons. The molecule has 1 N–H and O–H groups in total. The Morgan fingerprint density at radius 3 is 2.22 bits per heavy atom. The molecule has 0 radical (unpaired) electrons. The van der Waals surface area contributed by atoms with Crippen molar-refractivity contribution in [1.29, 1.82) is 0 Å². The monoisotopic (exact) mass is 356 g/mol. The van der Waals surface area contributed by atoms with E-state index in [2.05, 4.69) is 12.2 Å². The molecule has 1 heterocycles. The van der Waals surface area contributed by atoms with Crippen LogP contribution in [0.15, 0.2) is 18.2 Å². The largest absolute Gasteiger partial charge is 0.342 e. The van der Waals surface area contributed by atoms with Gasteiger partial charge in [-0.2, -0.15) is 0 Å². The van der Waals surface area contributed by atoms with Crippen LogP contribution in [-0.2, 0) is 9.59 Å². The van der Waals surface area contributed by atoms with Crippen molar-refractivity contribution in [1.82, 2.24) is 4.90 Å². The first-order valence-electron chi connectivity index (χ1n) is 7.78. The molecule has 1 aromatic carbocycles. The second-order valence-electron chi connectivity index (χ2n) is 6.65. The molecule has 1 saturated heterocycles. The van der Waals surface area contributed by atoms with Gasteiger partial charge in [-0.25, -0.2) is 0 Å². The van der Waals surface area contributed by atoms with Crippen LogP contribution in [0, 0.1) is 11.3 Å². The average molecular weight is 357 g/mol. The number of halogens is 2. The highest BCUT2D eigenvalue weighted by molar-refractivity contribution is 6.40. The van der Waals surface area contributed by atoms with Crippen LogP contribution in [0.1, 0.15) is 33.6 Å². The van der Waals surface area contributed by atoms with E-state index < -0.39 is 11.3 Å². The van der Waals surface area contributed by atoms with Crippen molar-refractivity contribution in [2.75, 3.05) is 18.4 Å². The molecule has 23 heavy (non-hydrogen) atoms. The van der Waals surface area contributed by atoms with Crippen LogP contribution in [0.2, 0.25) is 10.0 Å². The number of nitrogens with one attached hydrogen (secondary N) is 1. The number of para-hydroxylation sites is 1. The minimum Gasteiger partial charge on any atom is -0.342 e. The molecule has 0 unspecified atom stereocenters. The Balaban J connectivity index is 2.12. The second kappa shape index (κ2) is 7.10. The maximum atomic E-state index is 12.7. The van der Waals surface area contributed by atoms with E-state index in [1.54, 1.807) is 36.9 Å². The van der Waals surface area contributed by atoms with Gasteiger partial charge in [0.1, 0.15) is 5.41 Å². The smallest absolute Gasteiger partial charge is 0.239 e. The zero-order valence-electron chi connectivity index (χ0n) is 13.7. The molecule has 0 aromatic heterocycles. The summed E-state index contributed by atoms with van der Waals surface area (Å²) in [5.41, 5.74) is -0.836. The fraction of sp³-hybridized carbons (Fsp3) is 0.529. The molecule has 0 aliphatic carbocycles. The van der Waals surface area contributed by atoms with Gasteiger partial charge in [0.05, 0.1) is 15.7 Å². The minimum atomic E-state index is -1.18. The second-order valence-corrected chi connectivity index (χ2v) is 7.46. The third-order valence-corrected chi connectivity index (χ3v) is 5.00. The lowest BCUT2D eigenvalue weighted by atomic mass is 9.88. The lowest BCUT2D eigenvalue weighted by molar-refractivity contribution is -0.147. The van der Waals surface area contributed by atoms with Gasteiger partial charge in [-0.15, -0.1) is 0 Å². The predicted octanol–water partition coefficient (Wildman–Crippen LogP) is 4.22. The van der Waals surface area contributed by atoms with E-state index in [0.29, 0.717) is 34.7 Å². The highest BCUT2D eigenvalue weighted by Gasteiger charge is 2.40. The van der Waals surface area contributed by atoms with Crippen LogP contribution in [0.25, 0.3) is 0 Å². The fourth-order valence-electron chi connectivity index (χ4n) is 2.59. The van der Waals surface area contributed by atoms with Crippen LogP contribution in [0.4, 0.5) is 5.69 Å². The summed E-state index contributed by atoms with van der Waals surface area (Å²) in [5, 5.41) is 3.39. The van der Waals surface area contributed by atoms with Crippen molar-refractivity contribution in [2.24, 2.45) is 11.3 Å². The van der Waals surface area contributed by atoms with E-state index in [9.17, 15) is 9.59 Å². The van der Waals surface area contributed by atoms with Crippen LogP contribution in [0.5, 0.6) is 0 Å². The van der Waals surface area contributed by atoms with Gasteiger partial charge < -0.3 is 10.2 Å². The van der Waals surface area contributed by atoms with Crippen molar-refractivity contribution in [2.45, 2.75) is 33.6 Å². The fourth-order valence-corrected chi connectivity index (χ4v) is 3.08. The van der Waals surface area contributed by atoms with Gasteiger partial charge in [-0.1, -0.05) is 36.2 Å². The first-order valence-corrected chi connectivity index (χ1v) is 8.54. The number of anilines is 1. The van der Waals surface area contributed by atoms with Gasteiger partial charge in [0.15, 0.2) is 0 Å². The van der Waals surface area contributed by atoms with E-state index in [-0.39, 0.29) is 5.91 Å². The van der Waals surface area contributed by atoms with Crippen molar-refractivity contribution in [3.05, 3.63) is 28.2 Å². The summed E-state index contributed by atoms with van der Waals surface area (Å²) in [5.74, 6) is 0.0547. The number of amides is 2. The third kappa shape index (κ3) is 3.99. The number of hydrogen-bond acceptors (Lipinski definition) is 2. The molecule has 0 bridgehead atoms. The van der Waals surface area contributed by atoms with Crippen molar-refractivity contribution >= 4 is 40.7 Å². The zero-order chi connectivity index (χ0) is 17.2. The van der Waals surface area contributed by atoms with Gasteiger partial charge in [0, 0.05) is 13.1 Å². The van der Waals surface area contributed by atoms with E-state index >= 15 is 0 Å². The maximum Gasteiger partial charge on any atom is 0.239 e. The van der Waals surface area contributed by atoms with Gasteiger partial charge in [0.2, 0.25) is 11.8 Å². The molecule has 6 heteroatoms. The summed E-state index contributed by atoms with van der Waals surface area (Å²) in [7, 11) is 0. The summed E-state index contributed by atoms with van der Waals surface area (Å²) < 4.78 is 0. The van der Waals surface area contributed by atoms with E-state index in [1.807, 2.05) is 0 Å². The van der Waals surface area contributed by atoms with E-state index in [1.165, 1.54) is 0 Å². The van der Waals surface area contributed by atoms with Crippen LogP contribution in [-0.4, -0.2) is 29.8 Å². The quantitative estimate of drug-likeness (QED) is 0.824. The Labute approximate surface area is 147 Å². The highest BCUT2D eigenvalue weighted by atomic mass is 35.5. The van der Waals surface area contributed by atoms with Crippen LogP contribution in [0.3, 0.4) is 0 Å². The SMILES string of the molecule is CC1CCN(C(=O)C(C)(C)C(=O)Nc2c(Cl)cccc2Cl)CC1. The Morgan fingerprint density at radius 1 is 1.17 bits per heavy atom. The lowest BCUT2D eigenvalue weighted by Crippen LogP contribution is -2.49. The standard InChI is InChI=1S/C17H22Cl2N2O2/c1-11-7-9-21(10-8-11)16(23)17(2,3)15(22)20-14-12(18)5-4-6-13(14)19/h4-6,11H,7-10H2,1-3H3,(H,20,22). The van der Waals surface area contributed by atoms with Crippen molar-refractivity contribution in [3.8, 4) is 0 Å². The van der Waals surface area contributed by atoms with Crippen molar-refractivity contribution in [3.63, 3.8) is 0 Å². The summed E-state index contributed by atoms with van der Waals surface area (Å²) >= 11 is 12.1. The van der Waals surface area contributed by atoms with Crippen molar-refractivity contribution < 1.29 is 9.59 Å². The minimum absolute atomic E-state index is 0.162. The molecule has 2 amide bonds. The Hall–Kier alpha value is -1.26. The Morgan fingerprint density at radius 2 is 1.70 bits per heavy atom. The first-order chi connectivity index (χ1) is 10.7. The molecule has 1 aliphatic rings. The molecule has 1 aliphatic heterocycles. The first kappa shape index (κ1) is 18.1. The number of carbonyl (C=O) groups excluding carboxylic acids is 2. The molecule has 0 spiro atoms. The van der Waals surface area contributed by atoms with Crippen LogP contribution < -0.4 is 5.32 Å². The number of carbonyl (C=O) groups is 2. The number of nitrogens with zero attached hydrogens (tertiary/aromatic N) is 1. The van der Waals surface area contributed by atoms with Gasteiger partial charge >= 0.3 is 0 Å². The van der Waals surface area contributed by atoms with E-state index in [0.717, 1.165) is 12.8 Å². The summed E-state index contributed by atoms with van der Waals surface area (Å²) in [6.07, 6.45) is 1.94. The number of rotatable bonds is 3. The van der Waals surface area contributed by atoms with Gasteiger partial charge in [-0.05, 0) is 44.7 Å². The highest BCUT2D eigenvalue weighted by Crippen LogP contribution is 2.32. The summed E-state index contributed by atoms with van der Waals surface area (Å²) in [4.78, 5) is 27.1. The topological polar surface area (TPSA) is 49.4 Å². The summed E-state index contributed by atoms with van der Waals surface area (Å²) in [6.45, 7) is 6.84. The normalized spacial score (nSPS) is 16.3. The number of piperidine rings is 1.